The molecule has 0 aromatic carbocycles. The summed E-state index contributed by atoms with van der Waals surface area (Å²) in [5.74, 6) is -0.434. The van der Waals surface area contributed by atoms with Gasteiger partial charge in [-0.05, 0) is 32.1 Å². The van der Waals surface area contributed by atoms with Gasteiger partial charge in [-0.25, -0.2) is 0 Å². The summed E-state index contributed by atoms with van der Waals surface area (Å²) < 4.78 is 19.2. The Morgan fingerprint density at radius 3 is 1.97 bits per heavy atom. The maximum Gasteiger partial charge on any atom is 1.00 e. The molecular weight excluding hydrogens is 418 g/mol. The van der Waals surface area contributed by atoms with Crippen molar-refractivity contribution in [2.45, 2.75) is 103 Å². The van der Waals surface area contributed by atoms with Crippen molar-refractivity contribution in [3.63, 3.8) is 0 Å². The first-order valence-corrected chi connectivity index (χ1v) is 12.5. The van der Waals surface area contributed by atoms with Crippen LogP contribution in [0.3, 0.4) is 0 Å². The summed E-state index contributed by atoms with van der Waals surface area (Å²) in [5, 5.41) is 9.39. The number of allylic oxidation sites excluding steroid dienone is 2. The Hall–Kier alpha value is 0.280. The zero-order valence-electron chi connectivity index (χ0n) is 18.9. The standard InChI is InChI=1S/C21H41O7P.Na/c1-2-3-4-5-6-7-8-9-10-11-12-13-14-15-16-17-21(23)27-18-20(22)19-28-29(24,25)26;/h9-10,20,22H,2-8,11-19H2,1H3,(H2,24,25,26);/q;+1/p-1/b10-9+;. The summed E-state index contributed by atoms with van der Waals surface area (Å²) >= 11 is 0. The normalized spacial score (nSPS) is 14.3. The van der Waals surface area contributed by atoms with Crippen LogP contribution in [0.15, 0.2) is 12.2 Å². The second kappa shape index (κ2) is 22.5. The third-order valence-corrected chi connectivity index (χ3v) is 4.98. The second-order valence-electron chi connectivity index (χ2n) is 7.44. The predicted octanol–water partition coefficient (Wildman–Crippen LogP) is 1.41. The van der Waals surface area contributed by atoms with Gasteiger partial charge in [-0.1, -0.05) is 70.4 Å². The van der Waals surface area contributed by atoms with Crippen molar-refractivity contribution >= 4 is 13.8 Å². The van der Waals surface area contributed by atoms with Gasteiger partial charge >= 0.3 is 35.5 Å². The van der Waals surface area contributed by atoms with Crippen LogP contribution in [0.2, 0.25) is 0 Å². The van der Waals surface area contributed by atoms with Gasteiger partial charge in [-0.3, -0.25) is 9.36 Å². The van der Waals surface area contributed by atoms with E-state index in [1.54, 1.807) is 0 Å². The molecule has 0 fully saturated rings. The molecule has 0 aromatic rings. The molecule has 0 aliphatic heterocycles. The first-order valence-electron chi connectivity index (χ1n) is 11.0. The van der Waals surface area contributed by atoms with Gasteiger partial charge in [0.05, 0.1) is 6.61 Å². The van der Waals surface area contributed by atoms with Crippen molar-refractivity contribution in [3.05, 3.63) is 12.2 Å². The fourth-order valence-corrected chi connectivity index (χ4v) is 3.19. The average molecular weight is 459 g/mol. The molecule has 0 aliphatic carbocycles. The molecule has 0 spiro atoms. The van der Waals surface area contributed by atoms with E-state index >= 15 is 0 Å². The van der Waals surface area contributed by atoms with E-state index in [1.807, 2.05) is 0 Å². The fraction of sp³-hybridized carbons (Fsp3) is 0.857. The number of carbonyl (C=O) groups excluding carboxylic acids is 1. The van der Waals surface area contributed by atoms with E-state index in [9.17, 15) is 19.4 Å². The number of aliphatic hydroxyl groups excluding tert-OH is 1. The van der Waals surface area contributed by atoms with Gasteiger partial charge in [0.15, 0.2) is 0 Å². The Labute approximate surface area is 204 Å². The van der Waals surface area contributed by atoms with Crippen LogP contribution < -0.4 is 34.5 Å². The van der Waals surface area contributed by atoms with Crippen LogP contribution in [0, 0.1) is 0 Å². The summed E-state index contributed by atoms with van der Waals surface area (Å²) in [5.41, 5.74) is 0. The summed E-state index contributed by atoms with van der Waals surface area (Å²) in [6.07, 6.45) is 18.9. The zero-order valence-corrected chi connectivity index (χ0v) is 21.8. The molecule has 0 rings (SSSR count). The fourth-order valence-electron chi connectivity index (χ4n) is 2.83. The van der Waals surface area contributed by atoms with Crippen LogP contribution in [0.1, 0.15) is 96.8 Å². The third kappa shape index (κ3) is 26.3. The maximum absolute atomic E-state index is 11.5. The van der Waals surface area contributed by atoms with Crippen molar-refractivity contribution in [2.24, 2.45) is 0 Å². The van der Waals surface area contributed by atoms with Gasteiger partial charge < -0.3 is 24.2 Å². The molecule has 7 nitrogen and oxygen atoms in total. The first kappa shape index (κ1) is 32.5. The van der Waals surface area contributed by atoms with Crippen LogP contribution in [0.4, 0.5) is 0 Å². The molecule has 9 heteroatoms. The van der Waals surface area contributed by atoms with E-state index in [4.69, 9.17) is 9.63 Å². The van der Waals surface area contributed by atoms with Gasteiger partial charge in [-0.2, -0.15) is 0 Å². The SMILES string of the molecule is CCCCCCCC/C=C/CCCCCCCC(=O)OCC(O)COP(=O)([O-])O.[Na+]. The van der Waals surface area contributed by atoms with Gasteiger partial charge in [0.1, 0.15) is 12.7 Å². The molecule has 0 bridgehead atoms. The first-order chi connectivity index (χ1) is 13.8. The second-order valence-corrected chi connectivity index (χ2v) is 8.63. The largest absolute Gasteiger partial charge is 1.00 e. The molecule has 30 heavy (non-hydrogen) atoms. The number of ether oxygens (including phenoxy) is 1. The van der Waals surface area contributed by atoms with Gasteiger partial charge in [-0.15, -0.1) is 0 Å². The summed E-state index contributed by atoms with van der Waals surface area (Å²) in [6.45, 7) is 1.24. The van der Waals surface area contributed by atoms with Crippen LogP contribution in [0.25, 0.3) is 0 Å². The number of hydrogen-bond donors (Lipinski definition) is 2. The number of phosphoric ester groups is 1. The molecule has 2 atom stereocenters. The molecule has 172 valence electrons. The minimum absolute atomic E-state index is 0. The van der Waals surface area contributed by atoms with Crippen molar-refractivity contribution < 1.29 is 63.1 Å². The van der Waals surface area contributed by atoms with Crippen molar-refractivity contribution in [1.29, 1.82) is 0 Å². The summed E-state index contributed by atoms with van der Waals surface area (Å²) in [4.78, 5) is 30.3. The Balaban J connectivity index is 0. The zero-order chi connectivity index (χ0) is 21.8. The molecule has 0 radical (unpaired) electrons. The quantitative estimate of drug-likeness (QED) is 0.0932. The number of carbonyl (C=O) groups is 1. The minimum atomic E-state index is -4.87. The van der Waals surface area contributed by atoms with Gasteiger partial charge in [0, 0.05) is 6.42 Å². The van der Waals surface area contributed by atoms with Crippen molar-refractivity contribution in [3.8, 4) is 0 Å². The summed E-state index contributed by atoms with van der Waals surface area (Å²) in [6, 6.07) is 0. The van der Waals surface area contributed by atoms with E-state index in [2.05, 4.69) is 23.6 Å². The maximum atomic E-state index is 11.5. The van der Waals surface area contributed by atoms with E-state index in [-0.39, 0.29) is 42.6 Å². The number of rotatable bonds is 20. The van der Waals surface area contributed by atoms with Crippen LogP contribution in [-0.4, -0.2) is 35.3 Å². The molecule has 0 saturated heterocycles. The number of esters is 1. The predicted molar refractivity (Wildman–Crippen MR) is 112 cm³/mol. The molecule has 0 aromatic heterocycles. The van der Waals surface area contributed by atoms with E-state index in [1.165, 1.54) is 44.9 Å². The van der Waals surface area contributed by atoms with Crippen molar-refractivity contribution in [1.82, 2.24) is 0 Å². The number of aliphatic hydroxyl groups is 1. The third-order valence-electron chi connectivity index (χ3n) is 4.51. The number of unbranched alkanes of at least 4 members (excludes halogenated alkanes) is 11. The van der Waals surface area contributed by atoms with E-state index in [0.29, 0.717) is 0 Å². The molecule has 0 heterocycles. The number of hydrogen-bond acceptors (Lipinski definition) is 6. The van der Waals surface area contributed by atoms with Crippen LogP contribution in [-0.2, 0) is 18.6 Å². The van der Waals surface area contributed by atoms with Crippen LogP contribution >= 0.6 is 7.82 Å². The molecule has 0 aliphatic rings. The Morgan fingerprint density at radius 1 is 0.933 bits per heavy atom. The van der Waals surface area contributed by atoms with E-state index in [0.717, 1.165) is 38.5 Å². The minimum Gasteiger partial charge on any atom is -0.756 e. The van der Waals surface area contributed by atoms with Crippen molar-refractivity contribution in [2.75, 3.05) is 13.2 Å². The van der Waals surface area contributed by atoms with Crippen LogP contribution in [0.5, 0.6) is 0 Å². The Kier molecular flexibility index (Phi) is 24.3. The smallest absolute Gasteiger partial charge is 0.756 e. The van der Waals surface area contributed by atoms with Gasteiger partial charge in [0.2, 0.25) is 0 Å². The molecule has 2 N–H and O–H groups in total. The molecule has 0 saturated carbocycles. The van der Waals surface area contributed by atoms with E-state index < -0.39 is 26.5 Å². The van der Waals surface area contributed by atoms with Gasteiger partial charge in [0.25, 0.3) is 7.82 Å². The molecular formula is C21H40NaO7P. The topological polar surface area (TPSA) is 116 Å². The average Bonchev–Trinajstić information content (AvgIpc) is 2.67. The molecule has 0 amide bonds. The molecule has 2 unspecified atom stereocenters. The number of phosphoric acid groups is 1. The monoisotopic (exact) mass is 458 g/mol. The Morgan fingerprint density at radius 2 is 1.43 bits per heavy atom. The Bertz CT molecular complexity index is 468. The summed E-state index contributed by atoms with van der Waals surface area (Å²) in [7, 11) is -4.87.